The molecule has 6 heteroatoms. The number of amides is 1. The Bertz CT molecular complexity index is 793. The van der Waals surface area contributed by atoms with E-state index in [1.807, 2.05) is 30.3 Å². The third kappa shape index (κ3) is 4.52. The Hall–Kier alpha value is -3.04. The average Bonchev–Trinajstić information content (AvgIpc) is 2.69. The number of nitrogens with zero attached hydrogens (tertiary/aromatic N) is 2. The van der Waals surface area contributed by atoms with Gasteiger partial charge in [0.05, 0.1) is 24.8 Å². The first-order chi connectivity index (χ1) is 12.7. The van der Waals surface area contributed by atoms with E-state index in [0.717, 1.165) is 32.0 Å². The molecule has 1 aliphatic heterocycles. The topological polar surface area (TPSA) is 74.6 Å². The lowest BCUT2D eigenvalue weighted by molar-refractivity contribution is -0.122. The van der Waals surface area contributed by atoms with Gasteiger partial charge in [0.25, 0.3) is 5.91 Å². The number of ether oxygens (including phenoxy) is 2. The molecule has 6 nitrogen and oxygen atoms in total. The normalized spacial score (nSPS) is 15.0. The summed E-state index contributed by atoms with van der Waals surface area (Å²) in [5.74, 6) is 0.251. The van der Waals surface area contributed by atoms with Crippen LogP contribution in [-0.4, -0.2) is 38.3 Å². The third-order valence-electron chi connectivity index (χ3n) is 4.16. The minimum Gasteiger partial charge on any atom is -0.481 e. The standard InChI is InChI=1S/C20H21N3O3/c1-15(26-19-4-2-3-16(13-19)14-21)20(24)22-17-5-7-18(8-6-17)23-9-11-25-12-10-23/h2-8,13,15H,9-12H2,1H3,(H,22,24)/t15-/m0/s1. The van der Waals surface area contributed by atoms with Crippen molar-refractivity contribution in [3.05, 3.63) is 54.1 Å². The lowest BCUT2D eigenvalue weighted by Gasteiger charge is -2.29. The van der Waals surface area contributed by atoms with Crippen molar-refractivity contribution in [1.29, 1.82) is 5.26 Å². The first-order valence-electron chi connectivity index (χ1n) is 8.56. The number of hydrogen-bond donors (Lipinski definition) is 1. The molecule has 0 unspecified atom stereocenters. The lowest BCUT2D eigenvalue weighted by atomic mass is 10.2. The zero-order valence-corrected chi connectivity index (χ0v) is 14.6. The van der Waals surface area contributed by atoms with Crippen molar-refractivity contribution in [2.24, 2.45) is 0 Å². The predicted octanol–water partition coefficient (Wildman–Crippen LogP) is 2.80. The Morgan fingerprint density at radius 2 is 1.96 bits per heavy atom. The highest BCUT2D eigenvalue weighted by Crippen LogP contribution is 2.20. The molecule has 1 atom stereocenters. The van der Waals surface area contributed by atoms with Crippen LogP contribution in [0.4, 0.5) is 11.4 Å². The van der Waals surface area contributed by atoms with Crippen LogP contribution in [0.1, 0.15) is 12.5 Å². The van der Waals surface area contributed by atoms with E-state index >= 15 is 0 Å². The fourth-order valence-corrected chi connectivity index (χ4v) is 2.72. The van der Waals surface area contributed by atoms with Gasteiger partial charge < -0.3 is 19.7 Å². The molecule has 0 aliphatic carbocycles. The highest BCUT2D eigenvalue weighted by atomic mass is 16.5. The van der Waals surface area contributed by atoms with Gasteiger partial charge in [-0.2, -0.15) is 5.26 Å². The second-order valence-corrected chi connectivity index (χ2v) is 6.04. The first-order valence-corrected chi connectivity index (χ1v) is 8.56. The zero-order valence-electron chi connectivity index (χ0n) is 14.6. The van der Waals surface area contributed by atoms with E-state index in [2.05, 4.69) is 10.2 Å². The van der Waals surface area contributed by atoms with Crippen molar-refractivity contribution >= 4 is 17.3 Å². The van der Waals surface area contributed by atoms with Gasteiger partial charge in [-0.15, -0.1) is 0 Å². The SMILES string of the molecule is C[C@H](Oc1cccc(C#N)c1)C(=O)Nc1ccc(N2CCOCC2)cc1. The number of morpholine rings is 1. The molecule has 0 spiro atoms. The molecule has 26 heavy (non-hydrogen) atoms. The molecule has 134 valence electrons. The fraction of sp³-hybridized carbons (Fsp3) is 0.300. The minimum absolute atomic E-state index is 0.244. The van der Waals surface area contributed by atoms with E-state index in [0.29, 0.717) is 17.0 Å². The summed E-state index contributed by atoms with van der Waals surface area (Å²) in [7, 11) is 0. The molecule has 0 radical (unpaired) electrons. The molecule has 0 bridgehead atoms. The van der Waals surface area contributed by atoms with Gasteiger partial charge in [-0.25, -0.2) is 0 Å². The maximum absolute atomic E-state index is 12.3. The fourth-order valence-electron chi connectivity index (χ4n) is 2.72. The summed E-state index contributed by atoms with van der Waals surface area (Å²) in [4.78, 5) is 14.6. The van der Waals surface area contributed by atoms with Crippen LogP contribution < -0.4 is 15.0 Å². The minimum atomic E-state index is -0.678. The number of nitrogens with one attached hydrogen (secondary N) is 1. The predicted molar refractivity (Wildman–Crippen MR) is 99.4 cm³/mol. The molecule has 1 heterocycles. The van der Waals surface area contributed by atoms with Crippen LogP contribution in [0.5, 0.6) is 5.75 Å². The molecule has 2 aromatic carbocycles. The summed E-state index contributed by atoms with van der Waals surface area (Å²) in [6.45, 7) is 4.90. The quantitative estimate of drug-likeness (QED) is 0.897. The molecule has 1 amide bonds. The summed E-state index contributed by atoms with van der Waals surface area (Å²) in [5.41, 5.74) is 2.32. The van der Waals surface area contributed by atoms with Crippen LogP contribution in [0, 0.1) is 11.3 Å². The van der Waals surface area contributed by atoms with E-state index < -0.39 is 6.10 Å². The van der Waals surface area contributed by atoms with Gasteiger partial charge in [0.15, 0.2) is 6.10 Å². The summed E-state index contributed by atoms with van der Waals surface area (Å²) < 4.78 is 11.0. The van der Waals surface area contributed by atoms with Gasteiger partial charge in [-0.1, -0.05) is 6.07 Å². The molecule has 1 N–H and O–H groups in total. The zero-order chi connectivity index (χ0) is 18.4. The maximum Gasteiger partial charge on any atom is 0.265 e. The van der Waals surface area contributed by atoms with Crippen molar-refractivity contribution in [2.45, 2.75) is 13.0 Å². The van der Waals surface area contributed by atoms with Crippen molar-refractivity contribution in [3.63, 3.8) is 0 Å². The molecule has 0 aromatic heterocycles. The lowest BCUT2D eigenvalue weighted by Crippen LogP contribution is -2.36. The van der Waals surface area contributed by atoms with Gasteiger partial charge in [0.2, 0.25) is 0 Å². The molecule has 0 saturated carbocycles. The Morgan fingerprint density at radius 3 is 2.65 bits per heavy atom. The van der Waals surface area contributed by atoms with Gasteiger partial charge >= 0.3 is 0 Å². The Kier molecular flexibility index (Phi) is 5.72. The molecular weight excluding hydrogens is 330 g/mol. The van der Waals surface area contributed by atoms with Crippen LogP contribution in [0.25, 0.3) is 0 Å². The number of carbonyl (C=O) groups is 1. The number of anilines is 2. The second-order valence-electron chi connectivity index (χ2n) is 6.04. The molecule has 3 rings (SSSR count). The van der Waals surface area contributed by atoms with Crippen molar-refractivity contribution in [1.82, 2.24) is 0 Å². The van der Waals surface area contributed by atoms with Gasteiger partial charge in [0.1, 0.15) is 5.75 Å². The van der Waals surface area contributed by atoms with Crippen LogP contribution in [-0.2, 0) is 9.53 Å². The van der Waals surface area contributed by atoms with Crippen molar-refractivity contribution in [3.8, 4) is 11.8 Å². The first kappa shape index (κ1) is 17.8. The van der Waals surface area contributed by atoms with Crippen LogP contribution >= 0.6 is 0 Å². The number of rotatable bonds is 5. The molecular formula is C20H21N3O3. The van der Waals surface area contributed by atoms with E-state index in [1.165, 1.54) is 0 Å². The number of hydrogen-bond acceptors (Lipinski definition) is 5. The van der Waals surface area contributed by atoms with Crippen LogP contribution in [0.3, 0.4) is 0 Å². The van der Waals surface area contributed by atoms with Gasteiger partial charge in [-0.05, 0) is 49.4 Å². The van der Waals surface area contributed by atoms with E-state index in [9.17, 15) is 4.79 Å². The van der Waals surface area contributed by atoms with Gasteiger partial charge in [-0.3, -0.25) is 4.79 Å². The highest BCUT2D eigenvalue weighted by Gasteiger charge is 2.16. The Morgan fingerprint density at radius 1 is 1.23 bits per heavy atom. The van der Waals surface area contributed by atoms with E-state index in [1.54, 1.807) is 31.2 Å². The average molecular weight is 351 g/mol. The largest absolute Gasteiger partial charge is 0.481 e. The molecule has 1 aliphatic rings. The summed E-state index contributed by atoms with van der Waals surface area (Å²) in [6, 6.07) is 16.5. The molecule has 1 saturated heterocycles. The van der Waals surface area contributed by atoms with Crippen molar-refractivity contribution in [2.75, 3.05) is 36.5 Å². The molecule has 1 fully saturated rings. The smallest absolute Gasteiger partial charge is 0.265 e. The number of nitriles is 1. The third-order valence-corrected chi connectivity index (χ3v) is 4.16. The number of carbonyl (C=O) groups excluding carboxylic acids is 1. The summed E-state index contributed by atoms with van der Waals surface area (Å²) in [5, 5.41) is 11.8. The van der Waals surface area contributed by atoms with E-state index in [4.69, 9.17) is 14.7 Å². The monoisotopic (exact) mass is 351 g/mol. The second kappa shape index (κ2) is 8.37. The Balaban J connectivity index is 1.57. The number of benzene rings is 2. The van der Waals surface area contributed by atoms with Crippen LogP contribution in [0.15, 0.2) is 48.5 Å². The van der Waals surface area contributed by atoms with Crippen LogP contribution in [0.2, 0.25) is 0 Å². The summed E-state index contributed by atoms with van der Waals surface area (Å²) >= 11 is 0. The highest BCUT2D eigenvalue weighted by molar-refractivity contribution is 5.94. The van der Waals surface area contributed by atoms with E-state index in [-0.39, 0.29) is 5.91 Å². The Labute approximate surface area is 152 Å². The van der Waals surface area contributed by atoms with Crippen molar-refractivity contribution < 1.29 is 14.3 Å². The maximum atomic E-state index is 12.3. The van der Waals surface area contributed by atoms with Gasteiger partial charge in [0, 0.05) is 24.5 Å². The summed E-state index contributed by atoms with van der Waals surface area (Å²) in [6.07, 6.45) is -0.678. The molecule has 2 aromatic rings.